The van der Waals surface area contributed by atoms with Crippen molar-refractivity contribution in [3.8, 4) is 0 Å². The summed E-state index contributed by atoms with van der Waals surface area (Å²) in [6, 6.07) is 3.95. The molecule has 0 saturated carbocycles. The molecule has 20 heavy (non-hydrogen) atoms. The first-order valence-electron chi connectivity index (χ1n) is 6.32. The largest absolute Gasteiger partial charge is 0.352 e. The highest BCUT2D eigenvalue weighted by Crippen LogP contribution is 2.07. The Bertz CT molecular complexity index is 545. The second-order valence-corrected chi connectivity index (χ2v) is 4.95. The average molecular weight is 288 g/mol. The van der Waals surface area contributed by atoms with E-state index in [1.165, 1.54) is 17.3 Å². The minimum atomic E-state index is -0.135. The van der Waals surface area contributed by atoms with E-state index in [9.17, 15) is 4.79 Å². The topological polar surface area (TPSA) is 67.8 Å². The monoisotopic (exact) mass is 288 g/mol. The molecule has 0 unspecified atom stereocenters. The molecule has 5 nitrogen and oxygen atoms in total. The number of carbonyl (C=O) groups is 1. The second kappa shape index (κ2) is 7.59. The van der Waals surface area contributed by atoms with Crippen LogP contribution in [0.15, 0.2) is 42.1 Å². The van der Waals surface area contributed by atoms with Crippen molar-refractivity contribution in [3.63, 3.8) is 0 Å². The van der Waals surface area contributed by atoms with Gasteiger partial charge >= 0.3 is 0 Å². The van der Waals surface area contributed by atoms with Gasteiger partial charge in [0.2, 0.25) is 0 Å². The van der Waals surface area contributed by atoms with Crippen molar-refractivity contribution in [1.29, 1.82) is 0 Å². The van der Waals surface area contributed by atoms with Crippen LogP contribution in [-0.4, -0.2) is 33.7 Å². The van der Waals surface area contributed by atoms with E-state index in [1.54, 1.807) is 18.6 Å². The molecular weight excluding hydrogens is 272 g/mol. The van der Waals surface area contributed by atoms with Crippen LogP contribution < -0.4 is 5.32 Å². The fraction of sp³-hybridized carbons (Fsp3) is 0.286. The molecule has 0 saturated heterocycles. The van der Waals surface area contributed by atoms with Crippen LogP contribution >= 0.6 is 11.8 Å². The van der Waals surface area contributed by atoms with Gasteiger partial charge in [-0.25, -0.2) is 9.97 Å². The van der Waals surface area contributed by atoms with Crippen LogP contribution in [0.1, 0.15) is 22.3 Å². The lowest BCUT2D eigenvalue weighted by Crippen LogP contribution is -2.25. The van der Waals surface area contributed by atoms with E-state index in [0.717, 1.165) is 12.8 Å². The Morgan fingerprint density at radius 1 is 1.30 bits per heavy atom. The number of carbonyl (C=O) groups excluding carboxylic acids is 1. The molecule has 0 aliphatic carbocycles. The minimum absolute atomic E-state index is 0.135. The van der Waals surface area contributed by atoms with Gasteiger partial charge in [-0.3, -0.25) is 9.78 Å². The molecule has 1 amide bonds. The summed E-state index contributed by atoms with van der Waals surface area (Å²) in [6.07, 6.45) is 10.4. The SMILES string of the molecule is CSc1ncc(C(=O)NCCCc2cccnc2)cn1. The van der Waals surface area contributed by atoms with Gasteiger partial charge in [-0.05, 0) is 30.7 Å². The second-order valence-electron chi connectivity index (χ2n) is 4.18. The van der Waals surface area contributed by atoms with Gasteiger partial charge < -0.3 is 5.32 Å². The van der Waals surface area contributed by atoms with Gasteiger partial charge in [0.15, 0.2) is 5.16 Å². The Morgan fingerprint density at radius 2 is 2.10 bits per heavy atom. The Balaban J connectivity index is 1.74. The van der Waals surface area contributed by atoms with Gasteiger partial charge in [-0.15, -0.1) is 0 Å². The molecule has 0 aromatic carbocycles. The molecule has 0 atom stereocenters. The van der Waals surface area contributed by atoms with Crippen molar-refractivity contribution in [2.24, 2.45) is 0 Å². The summed E-state index contributed by atoms with van der Waals surface area (Å²) < 4.78 is 0. The Kier molecular flexibility index (Phi) is 5.49. The Morgan fingerprint density at radius 3 is 2.75 bits per heavy atom. The van der Waals surface area contributed by atoms with Crippen LogP contribution in [-0.2, 0) is 6.42 Å². The first-order chi connectivity index (χ1) is 9.79. The highest BCUT2D eigenvalue weighted by Gasteiger charge is 2.06. The number of nitrogens with zero attached hydrogens (tertiary/aromatic N) is 3. The summed E-state index contributed by atoms with van der Waals surface area (Å²) in [5, 5.41) is 3.53. The lowest BCUT2D eigenvalue weighted by atomic mass is 10.1. The average Bonchev–Trinajstić information content (AvgIpc) is 2.52. The first kappa shape index (κ1) is 14.5. The number of aryl methyl sites for hydroxylation is 1. The van der Waals surface area contributed by atoms with Crippen LogP contribution in [0, 0.1) is 0 Å². The molecule has 2 rings (SSSR count). The molecule has 0 aliphatic rings. The van der Waals surface area contributed by atoms with Gasteiger partial charge in [0.1, 0.15) is 0 Å². The summed E-state index contributed by atoms with van der Waals surface area (Å²) >= 11 is 1.45. The molecule has 0 fully saturated rings. The van der Waals surface area contributed by atoms with E-state index in [0.29, 0.717) is 17.3 Å². The van der Waals surface area contributed by atoms with Gasteiger partial charge in [-0.1, -0.05) is 17.8 Å². The van der Waals surface area contributed by atoms with E-state index in [4.69, 9.17) is 0 Å². The van der Waals surface area contributed by atoms with Gasteiger partial charge in [-0.2, -0.15) is 0 Å². The van der Waals surface area contributed by atoms with Crippen molar-refractivity contribution in [2.75, 3.05) is 12.8 Å². The lowest BCUT2D eigenvalue weighted by Gasteiger charge is -2.05. The maximum absolute atomic E-state index is 11.8. The van der Waals surface area contributed by atoms with E-state index >= 15 is 0 Å². The number of thioether (sulfide) groups is 1. The zero-order valence-corrected chi connectivity index (χ0v) is 12.1. The number of aromatic nitrogens is 3. The van der Waals surface area contributed by atoms with Crippen LogP contribution in [0.3, 0.4) is 0 Å². The Labute approximate surface area is 122 Å². The molecule has 2 heterocycles. The van der Waals surface area contributed by atoms with Gasteiger partial charge in [0.05, 0.1) is 5.56 Å². The molecule has 0 radical (unpaired) electrons. The van der Waals surface area contributed by atoms with Crippen molar-refractivity contribution in [1.82, 2.24) is 20.3 Å². The maximum atomic E-state index is 11.8. The molecule has 2 aromatic heterocycles. The molecule has 0 spiro atoms. The molecule has 2 aromatic rings. The summed E-state index contributed by atoms with van der Waals surface area (Å²) in [5.41, 5.74) is 1.67. The standard InChI is InChI=1S/C14H16N4OS/c1-20-14-17-9-12(10-18-14)13(19)16-7-3-5-11-4-2-6-15-8-11/h2,4,6,8-10H,3,5,7H2,1H3,(H,16,19). The fourth-order valence-electron chi connectivity index (χ4n) is 1.68. The van der Waals surface area contributed by atoms with E-state index in [-0.39, 0.29) is 5.91 Å². The number of rotatable bonds is 6. The summed E-state index contributed by atoms with van der Waals surface area (Å²) in [4.78, 5) is 24.1. The number of nitrogens with one attached hydrogen (secondary N) is 1. The van der Waals surface area contributed by atoms with Crippen molar-refractivity contribution in [3.05, 3.63) is 48.0 Å². The smallest absolute Gasteiger partial charge is 0.254 e. The molecular formula is C14H16N4OS. The predicted octanol–water partition coefficient (Wildman–Crippen LogP) is 1.96. The molecule has 6 heteroatoms. The Hall–Kier alpha value is -1.95. The van der Waals surface area contributed by atoms with E-state index in [2.05, 4.69) is 20.3 Å². The van der Waals surface area contributed by atoms with Crippen LogP contribution in [0.25, 0.3) is 0 Å². The van der Waals surface area contributed by atoms with Crippen LogP contribution in [0.5, 0.6) is 0 Å². The zero-order chi connectivity index (χ0) is 14.2. The van der Waals surface area contributed by atoms with Gasteiger partial charge in [0, 0.05) is 31.3 Å². The van der Waals surface area contributed by atoms with Crippen LogP contribution in [0.2, 0.25) is 0 Å². The lowest BCUT2D eigenvalue weighted by molar-refractivity contribution is 0.0952. The van der Waals surface area contributed by atoms with Crippen molar-refractivity contribution < 1.29 is 4.79 Å². The van der Waals surface area contributed by atoms with E-state index in [1.807, 2.05) is 24.6 Å². The quantitative estimate of drug-likeness (QED) is 0.500. The number of amides is 1. The number of hydrogen-bond acceptors (Lipinski definition) is 5. The normalized spacial score (nSPS) is 10.2. The fourth-order valence-corrected chi connectivity index (χ4v) is 2.00. The number of pyridine rings is 1. The molecule has 104 valence electrons. The zero-order valence-electron chi connectivity index (χ0n) is 11.2. The minimum Gasteiger partial charge on any atom is -0.352 e. The molecule has 0 aliphatic heterocycles. The first-order valence-corrected chi connectivity index (χ1v) is 7.55. The van der Waals surface area contributed by atoms with Crippen molar-refractivity contribution >= 4 is 17.7 Å². The predicted molar refractivity (Wildman–Crippen MR) is 78.7 cm³/mol. The third kappa shape index (κ3) is 4.31. The van der Waals surface area contributed by atoms with Crippen molar-refractivity contribution in [2.45, 2.75) is 18.0 Å². The third-order valence-electron chi connectivity index (χ3n) is 2.72. The third-order valence-corrected chi connectivity index (χ3v) is 3.30. The highest BCUT2D eigenvalue weighted by molar-refractivity contribution is 7.98. The number of hydrogen-bond donors (Lipinski definition) is 1. The maximum Gasteiger partial charge on any atom is 0.254 e. The van der Waals surface area contributed by atoms with E-state index < -0.39 is 0 Å². The summed E-state index contributed by atoms with van der Waals surface area (Å²) in [7, 11) is 0. The highest BCUT2D eigenvalue weighted by atomic mass is 32.2. The van der Waals surface area contributed by atoms with Gasteiger partial charge in [0.25, 0.3) is 5.91 Å². The molecule has 1 N–H and O–H groups in total. The summed E-state index contributed by atoms with van der Waals surface area (Å²) in [5.74, 6) is -0.135. The summed E-state index contributed by atoms with van der Waals surface area (Å²) in [6.45, 7) is 0.623. The molecule has 0 bridgehead atoms. The van der Waals surface area contributed by atoms with Crippen LogP contribution in [0.4, 0.5) is 0 Å².